The van der Waals surface area contributed by atoms with Crippen LogP contribution >= 0.6 is 23.2 Å². The Hall–Kier alpha value is -2.96. The number of hydrogen-bond donors (Lipinski definition) is 0. The lowest BCUT2D eigenvalue weighted by atomic mass is 10.1. The van der Waals surface area contributed by atoms with E-state index in [0.29, 0.717) is 21.3 Å². The second-order valence-electron chi connectivity index (χ2n) is 5.91. The molecule has 27 heavy (non-hydrogen) atoms. The molecule has 0 fully saturated rings. The maximum Gasteiger partial charge on any atom is 0.349 e. The summed E-state index contributed by atoms with van der Waals surface area (Å²) in [7, 11) is 0. The third-order valence-electron chi connectivity index (χ3n) is 4.11. The van der Waals surface area contributed by atoms with Gasteiger partial charge in [0.1, 0.15) is 18.4 Å². The third kappa shape index (κ3) is 3.25. The Morgan fingerprint density at radius 3 is 2.48 bits per heavy atom. The van der Waals surface area contributed by atoms with Crippen LogP contribution in [0.15, 0.2) is 66.1 Å². The van der Waals surface area contributed by atoms with Gasteiger partial charge in [0.05, 0.1) is 12.1 Å². The maximum absolute atomic E-state index is 13.3. The lowest BCUT2D eigenvalue weighted by Crippen LogP contribution is -2.44. The normalized spacial score (nSPS) is 11.0. The topological polar surface area (TPSA) is 74.2 Å². The molecule has 6 nitrogen and oxygen atoms in total. The van der Waals surface area contributed by atoms with Crippen molar-refractivity contribution < 1.29 is 9.67 Å². The standard InChI is InChI=1S/C19H12Cl2N4O2/c20-14-5-13(6-15(21)7-14)17-18(26)24-4-2-1-3-16(24)25(19(17)27)10-12-8-22-11-23-9-12/h1-9,11H,10H2. The van der Waals surface area contributed by atoms with E-state index in [9.17, 15) is 9.90 Å². The molecule has 4 aromatic rings. The molecule has 0 N–H and O–H groups in total. The van der Waals surface area contributed by atoms with Crippen molar-refractivity contribution in [2.24, 2.45) is 0 Å². The Morgan fingerprint density at radius 1 is 1.07 bits per heavy atom. The Morgan fingerprint density at radius 2 is 1.78 bits per heavy atom. The first-order valence-electron chi connectivity index (χ1n) is 7.99. The quantitative estimate of drug-likeness (QED) is 0.496. The first-order valence-corrected chi connectivity index (χ1v) is 8.75. The van der Waals surface area contributed by atoms with Gasteiger partial charge in [0.25, 0.3) is 5.65 Å². The number of fused-ring (bicyclic) bond motifs is 1. The average Bonchev–Trinajstić information content (AvgIpc) is 2.65. The van der Waals surface area contributed by atoms with E-state index < -0.39 is 11.4 Å². The van der Waals surface area contributed by atoms with E-state index in [1.54, 1.807) is 55.0 Å². The van der Waals surface area contributed by atoms with E-state index >= 15 is 0 Å². The number of rotatable bonds is 3. The number of halogens is 2. The van der Waals surface area contributed by atoms with Crippen LogP contribution in [0.2, 0.25) is 10.0 Å². The Balaban J connectivity index is 2.04. The second kappa shape index (κ2) is 6.98. The van der Waals surface area contributed by atoms with Gasteiger partial charge in [-0.1, -0.05) is 29.3 Å². The molecule has 3 aromatic heterocycles. The summed E-state index contributed by atoms with van der Waals surface area (Å²) >= 11 is 12.1. The molecule has 0 aliphatic carbocycles. The molecule has 0 aliphatic rings. The summed E-state index contributed by atoms with van der Waals surface area (Å²) in [6.07, 6.45) is 6.28. The van der Waals surface area contributed by atoms with Gasteiger partial charge < -0.3 is 5.11 Å². The highest BCUT2D eigenvalue weighted by Crippen LogP contribution is 2.28. The van der Waals surface area contributed by atoms with E-state index in [2.05, 4.69) is 9.97 Å². The number of pyridine rings is 1. The summed E-state index contributed by atoms with van der Waals surface area (Å²) in [6.45, 7) is 0.217. The highest BCUT2D eigenvalue weighted by Gasteiger charge is 2.20. The minimum atomic E-state index is -0.437. The van der Waals surface area contributed by atoms with Crippen molar-refractivity contribution in [2.45, 2.75) is 6.54 Å². The maximum atomic E-state index is 13.3. The number of aromatic nitrogens is 4. The summed E-state index contributed by atoms with van der Waals surface area (Å²) in [6, 6.07) is 9.85. The van der Waals surface area contributed by atoms with Gasteiger partial charge in [0.15, 0.2) is 0 Å². The Labute approximate surface area is 163 Å². The minimum Gasteiger partial charge on any atom is -0.842 e. The third-order valence-corrected chi connectivity index (χ3v) is 4.55. The molecule has 0 saturated heterocycles. The predicted octanol–water partition coefficient (Wildman–Crippen LogP) is 2.47. The van der Waals surface area contributed by atoms with Crippen LogP contribution in [0.5, 0.6) is 5.88 Å². The molecule has 0 bridgehead atoms. The highest BCUT2D eigenvalue weighted by molar-refractivity contribution is 6.35. The monoisotopic (exact) mass is 398 g/mol. The van der Waals surface area contributed by atoms with Crippen molar-refractivity contribution in [3.63, 3.8) is 0 Å². The first-order chi connectivity index (χ1) is 13.0. The molecule has 0 unspecified atom stereocenters. The van der Waals surface area contributed by atoms with Crippen molar-refractivity contribution in [1.82, 2.24) is 14.4 Å². The molecule has 4 rings (SSSR count). The van der Waals surface area contributed by atoms with Crippen LogP contribution in [0.3, 0.4) is 0 Å². The van der Waals surface area contributed by atoms with Crippen LogP contribution in [0, 0.1) is 0 Å². The summed E-state index contributed by atoms with van der Waals surface area (Å²) in [5.41, 5.74) is 1.14. The van der Waals surface area contributed by atoms with E-state index in [0.717, 1.165) is 5.56 Å². The average molecular weight is 399 g/mol. The zero-order valence-electron chi connectivity index (χ0n) is 13.8. The Bertz CT molecular complexity index is 1190. The molecule has 0 spiro atoms. The fraction of sp³-hybridized carbons (Fsp3) is 0.0526. The smallest absolute Gasteiger partial charge is 0.349 e. The van der Waals surface area contributed by atoms with Crippen LogP contribution < -0.4 is 15.2 Å². The predicted molar refractivity (Wildman–Crippen MR) is 99.9 cm³/mol. The highest BCUT2D eigenvalue weighted by atomic mass is 35.5. The lowest BCUT2D eigenvalue weighted by Gasteiger charge is -2.17. The fourth-order valence-electron chi connectivity index (χ4n) is 2.97. The van der Waals surface area contributed by atoms with Gasteiger partial charge in [-0.25, -0.2) is 19.3 Å². The molecule has 0 aliphatic heterocycles. The van der Waals surface area contributed by atoms with Gasteiger partial charge in [-0.15, -0.1) is 0 Å². The minimum absolute atomic E-state index is 0.0000468. The molecule has 3 heterocycles. The van der Waals surface area contributed by atoms with Gasteiger partial charge in [-0.2, -0.15) is 4.40 Å². The lowest BCUT2D eigenvalue weighted by molar-refractivity contribution is -0.708. The van der Waals surface area contributed by atoms with Crippen LogP contribution in [0.4, 0.5) is 0 Å². The first kappa shape index (κ1) is 17.5. The van der Waals surface area contributed by atoms with E-state index in [-0.39, 0.29) is 12.1 Å². The zero-order chi connectivity index (χ0) is 19.0. The van der Waals surface area contributed by atoms with Crippen LogP contribution in [-0.2, 0) is 6.54 Å². The summed E-state index contributed by atoms with van der Waals surface area (Å²) in [5.74, 6) is -0.437. The molecule has 0 saturated carbocycles. The van der Waals surface area contributed by atoms with Crippen molar-refractivity contribution >= 4 is 28.8 Å². The van der Waals surface area contributed by atoms with Gasteiger partial charge in [-0.3, -0.25) is 0 Å². The fourth-order valence-corrected chi connectivity index (χ4v) is 3.49. The summed E-state index contributed by atoms with van der Waals surface area (Å²) in [4.78, 5) is 21.0. The molecule has 134 valence electrons. The van der Waals surface area contributed by atoms with Crippen LogP contribution in [0.1, 0.15) is 5.56 Å². The van der Waals surface area contributed by atoms with Crippen molar-refractivity contribution in [3.8, 4) is 17.0 Å². The van der Waals surface area contributed by atoms with Crippen molar-refractivity contribution in [3.05, 3.63) is 87.3 Å². The van der Waals surface area contributed by atoms with E-state index in [4.69, 9.17) is 23.2 Å². The zero-order valence-corrected chi connectivity index (χ0v) is 15.4. The molecular formula is C19H12Cl2N4O2. The van der Waals surface area contributed by atoms with Gasteiger partial charge in [-0.05, 0) is 29.8 Å². The second-order valence-corrected chi connectivity index (χ2v) is 6.78. The largest absolute Gasteiger partial charge is 0.842 e. The molecule has 1 aromatic carbocycles. The SMILES string of the molecule is O=c1c(-c2cc(Cl)cc(Cl)c2)c([O-])[n+](Cc2cncnc2)c2ccccn12. The summed E-state index contributed by atoms with van der Waals surface area (Å²) < 4.78 is 2.93. The van der Waals surface area contributed by atoms with Crippen molar-refractivity contribution in [1.29, 1.82) is 0 Å². The van der Waals surface area contributed by atoms with E-state index in [1.165, 1.54) is 15.3 Å². The Kier molecular flexibility index (Phi) is 4.51. The molecule has 8 heteroatoms. The van der Waals surface area contributed by atoms with Gasteiger partial charge >= 0.3 is 5.56 Å². The van der Waals surface area contributed by atoms with Gasteiger partial charge in [0, 0.05) is 34.1 Å². The molecule has 0 radical (unpaired) electrons. The summed E-state index contributed by atoms with van der Waals surface area (Å²) in [5, 5.41) is 13.9. The van der Waals surface area contributed by atoms with Gasteiger partial charge in [0.2, 0.25) is 0 Å². The molecule has 0 amide bonds. The van der Waals surface area contributed by atoms with Crippen molar-refractivity contribution in [2.75, 3.05) is 0 Å². The molecule has 0 atom stereocenters. The van der Waals surface area contributed by atoms with Crippen LogP contribution in [-0.4, -0.2) is 14.4 Å². The number of nitrogens with zero attached hydrogens (tertiary/aromatic N) is 4. The number of hydrogen-bond acceptors (Lipinski definition) is 4. The molecular weight excluding hydrogens is 387 g/mol. The number of benzene rings is 1. The van der Waals surface area contributed by atoms with Crippen LogP contribution in [0.25, 0.3) is 16.8 Å². The van der Waals surface area contributed by atoms with E-state index in [1.807, 2.05) is 0 Å².